The second kappa shape index (κ2) is 6.18. The van der Waals surface area contributed by atoms with Gasteiger partial charge in [0.15, 0.2) is 0 Å². The third-order valence-corrected chi connectivity index (χ3v) is 4.20. The van der Waals surface area contributed by atoms with Crippen molar-refractivity contribution in [2.75, 3.05) is 12.0 Å². The van der Waals surface area contributed by atoms with Crippen molar-refractivity contribution in [3.63, 3.8) is 0 Å². The summed E-state index contributed by atoms with van der Waals surface area (Å²) in [5.41, 5.74) is 1.15. The molecule has 0 unspecified atom stereocenters. The summed E-state index contributed by atoms with van der Waals surface area (Å²) in [4.78, 5) is 26.1. The van der Waals surface area contributed by atoms with E-state index >= 15 is 0 Å². The maximum Gasteiger partial charge on any atom is 0.298 e. The number of methoxy groups -OCH3 is 1. The molecule has 0 saturated carbocycles. The number of imide groups is 1. The van der Waals surface area contributed by atoms with Gasteiger partial charge in [0.05, 0.1) is 17.7 Å². The summed E-state index contributed by atoms with van der Waals surface area (Å²) in [7, 11) is 1.55. The van der Waals surface area contributed by atoms with Crippen LogP contribution in [0.3, 0.4) is 0 Å². The van der Waals surface area contributed by atoms with Crippen molar-refractivity contribution >= 4 is 34.7 Å². The molecule has 1 heterocycles. The van der Waals surface area contributed by atoms with Gasteiger partial charge in [-0.05, 0) is 48.2 Å². The van der Waals surface area contributed by atoms with Crippen LogP contribution in [0.4, 0.5) is 10.5 Å². The normalized spacial score (nSPS) is 16.2. The number of para-hydroxylation sites is 1. The van der Waals surface area contributed by atoms with Crippen molar-refractivity contribution in [3.8, 4) is 11.5 Å². The van der Waals surface area contributed by atoms with Gasteiger partial charge >= 0.3 is 0 Å². The highest BCUT2D eigenvalue weighted by atomic mass is 32.2. The van der Waals surface area contributed by atoms with Crippen molar-refractivity contribution in [2.45, 2.75) is 0 Å². The summed E-state index contributed by atoms with van der Waals surface area (Å²) in [5.74, 6) is 0.311. The Labute approximate surface area is 137 Å². The Balaban J connectivity index is 1.95. The van der Waals surface area contributed by atoms with Gasteiger partial charge in [-0.15, -0.1) is 0 Å². The molecule has 116 valence electrons. The van der Waals surface area contributed by atoms with Gasteiger partial charge in [-0.3, -0.25) is 9.59 Å². The zero-order valence-corrected chi connectivity index (χ0v) is 13.0. The lowest BCUT2D eigenvalue weighted by atomic mass is 10.2. The molecule has 23 heavy (non-hydrogen) atoms. The molecule has 6 heteroatoms. The van der Waals surface area contributed by atoms with Crippen LogP contribution in [-0.4, -0.2) is 23.4 Å². The van der Waals surface area contributed by atoms with Crippen LogP contribution in [0.2, 0.25) is 0 Å². The number of hydrogen-bond donors (Lipinski definition) is 1. The van der Waals surface area contributed by atoms with E-state index in [1.165, 1.54) is 24.3 Å². The first-order valence-electron chi connectivity index (χ1n) is 6.80. The molecule has 0 aliphatic carbocycles. The van der Waals surface area contributed by atoms with Crippen molar-refractivity contribution in [1.29, 1.82) is 0 Å². The van der Waals surface area contributed by atoms with Gasteiger partial charge in [0, 0.05) is 5.56 Å². The Morgan fingerprint density at radius 1 is 1.09 bits per heavy atom. The number of carbonyl (C=O) groups is 2. The Morgan fingerprint density at radius 3 is 2.48 bits per heavy atom. The fourth-order valence-electron chi connectivity index (χ4n) is 2.22. The highest BCUT2D eigenvalue weighted by Crippen LogP contribution is 2.37. The maximum atomic E-state index is 12.5. The van der Waals surface area contributed by atoms with Crippen LogP contribution < -0.4 is 9.64 Å². The molecule has 1 N–H and O–H groups in total. The topological polar surface area (TPSA) is 66.8 Å². The van der Waals surface area contributed by atoms with Crippen molar-refractivity contribution in [3.05, 3.63) is 59.0 Å². The second-order valence-electron chi connectivity index (χ2n) is 4.78. The fraction of sp³-hybridized carbons (Fsp3) is 0.0588. The lowest BCUT2D eigenvalue weighted by Gasteiger charge is -2.12. The van der Waals surface area contributed by atoms with E-state index in [9.17, 15) is 14.7 Å². The first-order valence-corrected chi connectivity index (χ1v) is 7.62. The lowest BCUT2D eigenvalue weighted by molar-refractivity contribution is -0.113. The average molecular weight is 327 g/mol. The first kappa shape index (κ1) is 15.2. The third kappa shape index (κ3) is 2.93. The van der Waals surface area contributed by atoms with Gasteiger partial charge in [-0.25, -0.2) is 4.90 Å². The molecule has 0 bridgehead atoms. The molecule has 0 atom stereocenters. The van der Waals surface area contributed by atoms with Gasteiger partial charge in [-0.1, -0.05) is 18.2 Å². The third-order valence-electron chi connectivity index (χ3n) is 3.33. The number of amides is 2. The van der Waals surface area contributed by atoms with E-state index in [2.05, 4.69) is 0 Å². The predicted molar refractivity (Wildman–Crippen MR) is 89.6 cm³/mol. The summed E-state index contributed by atoms with van der Waals surface area (Å²) in [6.45, 7) is 0. The standard InChI is InChI=1S/C17H13NO4S/c1-22-14-5-3-2-4-11(14)10-15-16(20)18(17(21)23-15)12-6-8-13(19)9-7-12/h2-10,19H,1H3/b15-10+. The highest BCUT2D eigenvalue weighted by Gasteiger charge is 2.36. The van der Waals surface area contributed by atoms with E-state index < -0.39 is 5.91 Å². The largest absolute Gasteiger partial charge is 0.508 e. The predicted octanol–water partition coefficient (Wildman–Crippen LogP) is 3.64. The summed E-state index contributed by atoms with van der Waals surface area (Å²) in [6, 6.07) is 13.2. The summed E-state index contributed by atoms with van der Waals surface area (Å²) in [5, 5.41) is 8.94. The number of benzene rings is 2. The highest BCUT2D eigenvalue weighted by molar-refractivity contribution is 8.19. The molecule has 5 nitrogen and oxygen atoms in total. The fourth-order valence-corrected chi connectivity index (χ4v) is 3.05. The molecule has 0 aromatic heterocycles. The quantitative estimate of drug-likeness (QED) is 0.872. The minimum Gasteiger partial charge on any atom is -0.508 e. The molecule has 1 aliphatic rings. The van der Waals surface area contributed by atoms with E-state index in [1.54, 1.807) is 19.3 Å². The molecule has 1 saturated heterocycles. The van der Waals surface area contributed by atoms with Crippen LogP contribution >= 0.6 is 11.8 Å². The smallest absolute Gasteiger partial charge is 0.298 e. The number of anilines is 1. The summed E-state index contributed by atoms with van der Waals surface area (Å²) >= 11 is 0.875. The number of phenolic OH excluding ortho intramolecular Hbond substituents is 1. The van der Waals surface area contributed by atoms with Gasteiger partial charge in [0.25, 0.3) is 11.1 Å². The monoisotopic (exact) mass is 327 g/mol. The zero-order valence-electron chi connectivity index (χ0n) is 12.2. The number of phenols is 1. The Morgan fingerprint density at radius 2 is 1.78 bits per heavy atom. The van der Waals surface area contributed by atoms with Gasteiger partial charge in [0.2, 0.25) is 0 Å². The van der Waals surface area contributed by atoms with Crippen LogP contribution in [0.1, 0.15) is 5.56 Å². The molecule has 0 radical (unpaired) electrons. The molecular weight excluding hydrogens is 314 g/mol. The average Bonchev–Trinajstić information content (AvgIpc) is 2.83. The van der Waals surface area contributed by atoms with Gasteiger partial charge in [-0.2, -0.15) is 0 Å². The summed E-state index contributed by atoms with van der Waals surface area (Å²) < 4.78 is 5.25. The number of nitrogens with zero attached hydrogens (tertiary/aromatic N) is 1. The number of rotatable bonds is 3. The van der Waals surface area contributed by atoms with Crippen molar-refractivity contribution in [1.82, 2.24) is 0 Å². The molecule has 0 spiro atoms. The van der Waals surface area contributed by atoms with E-state index in [0.717, 1.165) is 22.2 Å². The number of hydrogen-bond acceptors (Lipinski definition) is 5. The summed E-state index contributed by atoms with van der Waals surface area (Å²) in [6.07, 6.45) is 1.64. The van der Waals surface area contributed by atoms with Gasteiger partial charge in [0.1, 0.15) is 11.5 Å². The SMILES string of the molecule is COc1ccccc1/C=C1/SC(=O)N(c2ccc(O)cc2)C1=O. The molecule has 2 amide bonds. The number of ether oxygens (including phenoxy) is 1. The number of carbonyl (C=O) groups excluding carboxylic acids is 2. The van der Waals surface area contributed by atoms with Crippen LogP contribution in [0.25, 0.3) is 6.08 Å². The second-order valence-corrected chi connectivity index (χ2v) is 5.77. The van der Waals surface area contributed by atoms with E-state index in [-0.39, 0.29) is 11.0 Å². The van der Waals surface area contributed by atoms with Crippen LogP contribution in [0.5, 0.6) is 11.5 Å². The molecule has 1 aliphatic heterocycles. The zero-order chi connectivity index (χ0) is 16.4. The van der Waals surface area contributed by atoms with E-state index in [0.29, 0.717) is 16.3 Å². The minimum absolute atomic E-state index is 0.0743. The Bertz CT molecular complexity index is 798. The van der Waals surface area contributed by atoms with Crippen molar-refractivity contribution in [2.24, 2.45) is 0 Å². The van der Waals surface area contributed by atoms with Crippen LogP contribution in [0.15, 0.2) is 53.4 Å². The van der Waals surface area contributed by atoms with E-state index in [4.69, 9.17) is 4.74 Å². The maximum absolute atomic E-state index is 12.5. The number of aromatic hydroxyl groups is 1. The Kier molecular flexibility index (Phi) is 4.08. The number of thioether (sulfide) groups is 1. The van der Waals surface area contributed by atoms with Crippen LogP contribution in [0, 0.1) is 0 Å². The van der Waals surface area contributed by atoms with Crippen LogP contribution in [-0.2, 0) is 4.79 Å². The Hall–Kier alpha value is -2.73. The molecule has 3 rings (SSSR count). The molecular formula is C17H13NO4S. The van der Waals surface area contributed by atoms with Crippen molar-refractivity contribution < 1.29 is 19.4 Å². The molecule has 1 fully saturated rings. The first-order chi connectivity index (χ1) is 11.1. The lowest BCUT2D eigenvalue weighted by Crippen LogP contribution is -2.27. The van der Waals surface area contributed by atoms with Gasteiger partial charge < -0.3 is 9.84 Å². The molecule has 2 aromatic rings. The molecule has 2 aromatic carbocycles. The van der Waals surface area contributed by atoms with E-state index in [1.807, 2.05) is 18.2 Å². The minimum atomic E-state index is -0.392.